The molecule has 1 aromatic carbocycles. The summed E-state index contributed by atoms with van der Waals surface area (Å²) in [6.45, 7) is 5.23. The number of aryl methyl sites for hydroxylation is 1. The molecule has 0 aliphatic carbocycles. The van der Waals surface area contributed by atoms with Crippen molar-refractivity contribution in [1.82, 2.24) is 4.90 Å². The molecule has 2 rings (SSSR count). The summed E-state index contributed by atoms with van der Waals surface area (Å²) in [4.78, 5) is 14.2. The Morgan fingerprint density at radius 2 is 2.11 bits per heavy atom. The van der Waals surface area contributed by atoms with Gasteiger partial charge in [0.15, 0.2) is 0 Å². The molecule has 0 bridgehead atoms. The maximum Gasteiger partial charge on any atom is 0.256 e. The van der Waals surface area contributed by atoms with Crippen LogP contribution in [0, 0.1) is 18.7 Å². The Morgan fingerprint density at radius 3 is 2.84 bits per heavy atom. The molecule has 19 heavy (non-hydrogen) atoms. The number of nitrogen functional groups attached to an aromatic ring is 1. The molecule has 0 spiro atoms. The number of nitrogens with zero attached hydrogens (tertiary/aromatic N) is 1. The lowest BCUT2D eigenvalue weighted by Crippen LogP contribution is -2.32. The van der Waals surface area contributed by atoms with E-state index in [0.717, 1.165) is 19.3 Å². The Balaban J connectivity index is 2.24. The Kier molecular flexibility index (Phi) is 4.08. The smallest absolute Gasteiger partial charge is 0.256 e. The maximum atomic E-state index is 14.1. The number of nitrogens with two attached hydrogens (primary N) is 1. The Morgan fingerprint density at radius 1 is 1.37 bits per heavy atom. The minimum Gasteiger partial charge on any atom is -0.399 e. The molecule has 1 fully saturated rings. The molecule has 3 nitrogen and oxygen atoms in total. The third-order valence-electron chi connectivity index (χ3n) is 3.81. The molecule has 1 unspecified atom stereocenters. The van der Waals surface area contributed by atoms with Crippen molar-refractivity contribution >= 4 is 11.6 Å². The van der Waals surface area contributed by atoms with Gasteiger partial charge >= 0.3 is 0 Å². The van der Waals surface area contributed by atoms with Crippen molar-refractivity contribution in [3.63, 3.8) is 0 Å². The van der Waals surface area contributed by atoms with Crippen LogP contribution < -0.4 is 5.73 Å². The highest BCUT2D eigenvalue weighted by Gasteiger charge is 2.23. The van der Waals surface area contributed by atoms with E-state index in [1.54, 1.807) is 17.9 Å². The second-order valence-electron chi connectivity index (χ2n) is 5.53. The Labute approximate surface area is 113 Å². The SMILES string of the molecule is Cc1cc(N)cc(C(=O)N2CCCC(C)CC2)c1F. The Bertz CT molecular complexity index is 487. The molecule has 0 saturated carbocycles. The summed E-state index contributed by atoms with van der Waals surface area (Å²) < 4.78 is 14.1. The van der Waals surface area contributed by atoms with Crippen molar-refractivity contribution < 1.29 is 9.18 Å². The fourth-order valence-corrected chi connectivity index (χ4v) is 2.59. The zero-order chi connectivity index (χ0) is 14.0. The number of hydrogen-bond donors (Lipinski definition) is 1. The van der Waals surface area contributed by atoms with Gasteiger partial charge in [0.25, 0.3) is 5.91 Å². The molecule has 0 radical (unpaired) electrons. The highest BCUT2D eigenvalue weighted by atomic mass is 19.1. The molecule has 4 heteroatoms. The number of halogens is 1. The van der Waals surface area contributed by atoms with E-state index < -0.39 is 5.82 Å². The summed E-state index contributed by atoms with van der Waals surface area (Å²) in [6, 6.07) is 3.00. The van der Waals surface area contributed by atoms with Crippen LogP contribution in [0.2, 0.25) is 0 Å². The summed E-state index contributed by atoms with van der Waals surface area (Å²) in [5.74, 6) is -0.0521. The molecule has 104 valence electrons. The monoisotopic (exact) mass is 264 g/mol. The standard InChI is InChI=1S/C15H21FN2O/c1-10-4-3-6-18(7-5-10)15(19)13-9-12(17)8-11(2)14(13)16/h8-10H,3-7,17H2,1-2H3. The van der Waals surface area contributed by atoms with Gasteiger partial charge in [-0.1, -0.05) is 6.92 Å². The zero-order valence-electron chi connectivity index (χ0n) is 11.6. The average Bonchev–Trinajstić information content (AvgIpc) is 2.58. The lowest BCUT2D eigenvalue weighted by Gasteiger charge is -2.21. The van der Waals surface area contributed by atoms with Crippen LogP contribution >= 0.6 is 0 Å². The lowest BCUT2D eigenvalue weighted by molar-refractivity contribution is 0.0755. The maximum absolute atomic E-state index is 14.1. The number of rotatable bonds is 1. The number of hydrogen-bond acceptors (Lipinski definition) is 2. The van der Waals surface area contributed by atoms with Crippen LogP contribution in [-0.2, 0) is 0 Å². The summed E-state index contributed by atoms with van der Waals surface area (Å²) in [5, 5.41) is 0. The van der Waals surface area contributed by atoms with Gasteiger partial charge in [-0.05, 0) is 49.8 Å². The normalized spacial score (nSPS) is 20.2. The molecule has 1 atom stereocenters. The first kappa shape index (κ1) is 13.8. The van der Waals surface area contributed by atoms with Crippen LogP contribution in [0.25, 0.3) is 0 Å². The minimum atomic E-state index is -0.448. The highest BCUT2D eigenvalue weighted by Crippen LogP contribution is 2.22. The van der Waals surface area contributed by atoms with E-state index >= 15 is 0 Å². The number of carbonyl (C=O) groups excluding carboxylic acids is 1. The molecule has 1 aromatic rings. The molecule has 0 aromatic heterocycles. The van der Waals surface area contributed by atoms with Crippen LogP contribution in [0.4, 0.5) is 10.1 Å². The van der Waals surface area contributed by atoms with Gasteiger partial charge in [-0.3, -0.25) is 4.79 Å². The third-order valence-corrected chi connectivity index (χ3v) is 3.81. The van der Waals surface area contributed by atoms with E-state index in [0.29, 0.717) is 30.3 Å². The van der Waals surface area contributed by atoms with Crippen LogP contribution in [0.15, 0.2) is 12.1 Å². The number of benzene rings is 1. The molecule has 1 amide bonds. The highest BCUT2D eigenvalue weighted by molar-refractivity contribution is 5.95. The van der Waals surface area contributed by atoms with Crippen molar-refractivity contribution in [1.29, 1.82) is 0 Å². The summed E-state index contributed by atoms with van der Waals surface area (Å²) in [7, 11) is 0. The van der Waals surface area contributed by atoms with Crippen molar-refractivity contribution in [2.24, 2.45) is 5.92 Å². The van der Waals surface area contributed by atoms with Crippen LogP contribution in [0.3, 0.4) is 0 Å². The zero-order valence-corrected chi connectivity index (χ0v) is 11.6. The van der Waals surface area contributed by atoms with E-state index in [9.17, 15) is 9.18 Å². The van der Waals surface area contributed by atoms with E-state index in [1.165, 1.54) is 6.07 Å². The molecule has 1 heterocycles. The van der Waals surface area contributed by atoms with E-state index in [4.69, 9.17) is 5.73 Å². The van der Waals surface area contributed by atoms with Gasteiger partial charge in [0, 0.05) is 18.8 Å². The molecule has 1 saturated heterocycles. The van der Waals surface area contributed by atoms with Gasteiger partial charge in [0.1, 0.15) is 5.82 Å². The van der Waals surface area contributed by atoms with Crippen molar-refractivity contribution in [2.75, 3.05) is 18.8 Å². The van der Waals surface area contributed by atoms with Crippen LogP contribution in [0.5, 0.6) is 0 Å². The van der Waals surface area contributed by atoms with E-state index in [-0.39, 0.29) is 11.5 Å². The van der Waals surface area contributed by atoms with E-state index in [1.807, 2.05) is 0 Å². The van der Waals surface area contributed by atoms with Crippen molar-refractivity contribution in [3.8, 4) is 0 Å². The minimum absolute atomic E-state index is 0.104. The first-order valence-electron chi connectivity index (χ1n) is 6.84. The lowest BCUT2D eigenvalue weighted by atomic mass is 10.0. The number of likely N-dealkylation sites (tertiary alicyclic amines) is 1. The van der Waals surface area contributed by atoms with Gasteiger partial charge in [-0.15, -0.1) is 0 Å². The van der Waals surface area contributed by atoms with E-state index in [2.05, 4.69) is 6.92 Å². The van der Waals surface area contributed by atoms with Crippen molar-refractivity contribution in [2.45, 2.75) is 33.1 Å². The first-order chi connectivity index (χ1) is 8.99. The van der Waals surface area contributed by atoms with Crippen LogP contribution in [-0.4, -0.2) is 23.9 Å². The number of amides is 1. The average molecular weight is 264 g/mol. The number of carbonyl (C=O) groups is 1. The molecule has 1 aliphatic rings. The van der Waals surface area contributed by atoms with Gasteiger partial charge in [-0.2, -0.15) is 0 Å². The molecular weight excluding hydrogens is 243 g/mol. The molecular formula is C15H21FN2O. The first-order valence-corrected chi connectivity index (χ1v) is 6.84. The van der Waals surface area contributed by atoms with Gasteiger partial charge < -0.3 is 10.6 Å². The Hall–Kier alpha value is -1.58. The second-order valence-corrected chi connectivity index (χ2v) is 5.53. The predicted octanol–water partition coefficient (Wildman–Crippen LogP) is 2.98. The summed E-state index contributed by atoms with van der Waals surface area (Å²) in [5.41, 5.74) is 6.67. The fourth-order valence-electron chi connectivity index (χ4n) is 2.59. The summed E-state index contributed by atoms with van der Waals surface area (Å²) in [6.07, 6.45) is 3.09. The van der Waals surface area contributed by atoms with Gasteiger partial charge in [-0.25, -0.2) is 4.39 Å². The van der Waals surface area contributed by atoms with Gasteiger partial charge in [0.05, 0.1) is 5.56 Å². The largest absolute Gasteiger partial charge is 0.399 e. The fraction of sp³-hybridized carbons (Fsp3) is 0.533. The quantitative estimate of drug-likeness (QED) is 0.793. The van der Waals surface area contributed by atoms with Crippen molar-refractivity contribution in [3.05, 3.63) is 29.1 Å². The van der Waals surface area contributed by atoms with Gasteiger partial charge in [0.2, 0.25) is 0 Å². The molecule has 2 N–H and O–H groups in total. The predicted molar refractivity (Wildman–Crippen MR) is 74.5 cm³/mol. The molecule has 1 aliphatic heterocycles. The number of anilines is 1. The summed E-state index contributed by atoms with van der Waals surface area (Å²) >= 11 is 0. The van der Waals surface area contributed by atoms with Crippen LogP contribution in [0.1, 0.15) is 42.1 Å². The second kappa shape index (κ2) is 5.59. The topological polar surface area (TPSA) is 46.3 Å². The third kappa shape index (κ3) is 3.06.